The number of carbonyl (C=O) groups is 1. The monoisotopic (exact) mass is 447 g/mol. The number of para-hydroxylation sites is 2. The van der Waals surface area contributed by atoms with Gasteiger partial charge in [0.15, 0.2) is 16.0 Å². The number of nitro groups is 1. The number of H-pyrrole nitrogens is 1. The zero-order valence-electron chi connectivity index (χ0n) is 16.1. The van der Waals surface area contributed by atoms with Crippen LogP contribution in [0.2, 0.25) is 0 Å². The lowest BCUT2D eigenvalue weighted by atomic mass is 10.2. The third kappa shape index (κ3) is 3.96. The van der Waals surface area contributed by atoms with Gasteiger partial charge in [-0.15, -0.1) is 0 Å². The molecule has 3 heterocycles. The zero-order valence-corrected chi connectivity index (χ0v) is 17.0. The van der Waals surface area contributed by atoms with Crippen molar-refractivity contribution in [1.29, 1.82) is 0 Å². The molecular formula is C21H13N5O5S. The summed E-state index contributed by atoms with van der Waals surface area (Å²) in [5.41, 5.74) is 4.42. The Kier molecular flexibility index (Phi) is 4.92. The van der Waals surface area contributed by atoms with Crippen LogP contribution in [0.5, 0.6) is 0 Å². The van der Waals surface area contributed by atoms with Gasteiger partial charge in [-0.05, 0) is 48.2 Å². The van der Waals surface area contributed by atoms with E-state index >= 15 is 0 Å². The highest BCUT2D eigenvalue weighted by atomic mass is 32.2. The molecule has 1 amide bonds. The normalized spacial score (nSPS) is 11.5. The van der Waals surface area contributed by atoms with Crippen LogP contribution < -0.4 is 5.43 Å². The van der Waals surface area contributed by atoms with Crippen LogP contribution in [0.25, 0.3) is 22.0 Å². The van der Waals surface area contributed by atoms with Crippen molar-refractivity contribution in [3.05, 3.63) is 82.3 Å². The number of hydrogen-bond acceptors (Lipinski definition) is 8. The van der Waals surface area contributed by atoms with Gasteiger partial charge >= 0.3 is 5.91 Å². The first-order valence-electron chi connectivity index (χ1n) is 9.29. The summed E-state index contributed by atoms with van der Waals surface area (Å²) >= 11 is 1.33. The summed E-state index contributed by atoms with van der Waals surface area (Å²) in [6, 6.07) is 16.7. The average Bonchev–Trinajstić information content (AvgIpc) is 3.50. The molecular weight excluding hydrogens is 434 g/mol. The molecule has 0 spiro atoms. The summed E-state index contributed by atoms with van der Waals surface area (Å²) < 4.78 is 11.1. The number of non-ortho nitro benzene ring substituents is 1. The van der Waals surface area contributed by atoms with Crippen molar-refractivity contribution >= 4 is 51.6 Å². The van der Waals surface area contributed by atoms with Gasteiger partial charge in [-0.3, -0.25) is 14.9 Å². The molecule has 2 N–H and O–H groups in total. The number of amides is 1. The van der Waals surface area contributed by atoms with E-state index in [4.69, 9.17) is 8.83 Å². The lowest BCUT2D eigenvalue weighted by molar-refractivity contribution is -0.384. The van der Waals surface area contributed by atoms with Crippen molar-refractivity contribution in [2.24, 2.45) is 5.10 Å². The Morgan fingerprint density at radius 3 is 2.88 bits per heavy atom. The van der Waals surface area contributed by atoms with E-state index in [1.807, 2.05) is 24.3 Å². The van der Waals surface area contributed by atoms with Crippen molar-refractivity contribution in [3.8, 4) is 0 Å². The smallest absolute Gasteiger partial charge is 0.307 e. The summed E-state index contributed by atoms with van der Waals surface area (Å²) in [4.78, 5) is 30.3. The lowest BCUT2D eigenvalue weighted by Crippen LogP contribution is -2.16. The first-order valence-corrected chi connectivity index (χ1v) is 10.1. The Balaban J connectivity index is 1.23. The third-order valence-corrected chi connectivity index (χ3v) is 5.27. The van der Waals surface area contributed by atoms with Crippen molar-refractivity contribution in [2.45, 2.75) is 10.2 Å². The molecule has 0 saturated carbocycles. The molecule has 0 saturated heterocycles. The van der Waals surface area contributed by atoms with Crippen LogP contribution in [0.1, 0.15) is 16.3 Å². The quantitative estimate of drug-likeness (QED) is 0.218. The van der Waals surface area contributed by atoms with Gasteiger partial charge in [-0.25, -0.2) is 10.4 Å². The fourth-order valence-electron chi connectivity index (χ4n) is 3.00. The summed E-state index contributed by atoms with van der Waals surface area (Å²) in [6.07, 6.45) is 1.36. The van der Waals surface area contributed by atoms with Crippen molar-refractivity contribution < 1.29 is 18.6 Å². The summed E-state index contributed by atoms with van der Waals surface area (Å²) in [7, 11) is 0. The van der Waals surface area contributed by atoms with E-state index in [1.54, 1.807) is 12.1 Å². The number of nitro benzene ring substituents is 1. The highest BCUT2D eigenvalue weighted by Crippen LogP contribution is 2.28. The molecule has 0 aliphatic rings. The minimum absolute atomic E-state index is 0.0155. The molecule has 158 valence electrons. The summed E-state index contributed by atoms with van der Waals surface area (Å²) in [5, 5.41) is 16.5. The topological polar surface area (TPSA) is 140 Å². The van der Waals surface area contributed by atoms with Gasteiger partial charge in [0.25, 0.3) is 5.69 Å². The maximum Gasteiger partial charge on any atom is 0.307 e. The second kappa shape index (κ2) is 8.04. The van der Waals surface area contributed by atoms with Gasteiger partial charge in [-0.2, -0.15) is 5.10 Å². The highest BCUT2D eigenvalue weighted by molar-refractivity contribution is 7.99. The number of hydrogen-bond donors (Lipinski definition) is 2. The molecule has 5 rings (SSSR count). The number of rotatable bonds is 6. The number of imidazole rings is 1. The van der Waals surface area contributed by atoms with Crippen LogP contribution in [-0.2, 0) is 0 Å². The van der Waals surface area contributed by atoms with E-state index in [9.17, 15) is 14.9 Å². The van der Waals surface area contributed by atoms with Gasteiger partial charge in [0.1, 0.15) is 11.3 Å². The molecule has 2 aromatic carbocycles. The predicted octanol–water partition coefficient (Wildman–Crippen LogP) is 4.73. The van der Waals surface area contributed by atoms with Crippen LogP contribution >= 0.6 is 11.8 Å². The predicted molar refractivity (Wildman–Crippen MR) is 117 cm³/mol. The van der Waals surface area contributed by atoms with Crippen LogP contribution in [-0.4, -0.2) is 27.0 Å². The highest BCUT2D eigenvalue weighted by Gasteiger charge is 2.15. The molecule has 11 heteroatoms. The van der Waals surface area contributed by atoms with E-state index in [-0.39, 0.29) is 11.4 Å². The van der Waals surface area contributed by atoms with E-state index in [2.05, 4.69) is 20.5 Å². The van der Waals surface area contributed by atoms with E-state index in [0.29, 0.717) is 27.0 Å². The van der Waals surface area contributed by atoms with Gasteiger partial charge in [-0.1, -0.05) is 12.1 Å². The first-order chi connectivity index (χ1) is 15.5. The van der Waals surface area contributed by atoms with Crippen LogP contribution in [0.3, 0.4) is 0 Å². The van der Waals surface area contributed by atoms with Gasteiger partial charge in [0, 0.05) is 17.5 Å². The lowest BCUT2D eigenvalue weighted by Gasteiger charge is -1.94. The van der Waals surface area contributed by atoms with E-state index in [1.165, 1.54) is 42.2 Å². The molecule has 10 nitrogen and oxygen atoms in total. The molecule has 0 atom stereocenters. The first kappa shape index (κ1) is 19.6. The molecule has 0 bridgehead atoms. The van der Waals surface area contributed by atoms with Gasteiger partial charge < -0.3 is 13.8 Å². The fourth-order valence-corrected chi connectivity index (χ4v) is 3.77. The number of nitrogens with one attached hydrogen (secondary N) is 2. The zero-order chi connectivity index (χ0) is 22.1. The molecule has 32 heavy (non-hydrogen) atoms. The molecule has 0 aliphatic heterocycles. The fraction of sp³-hybridized carbons (Fsp3) is 0. The van der Waals surface area contributed by atoms with Crippen LogP contribution in [0.4, 0.5) is 5.69 Å². The van der Waals surface area contributed by atoms with Gasteiger partial charge in [0.05, 0.1) is 22.2 Å². The summed E-state index contributed by atoms with van der Waals surface area (Å²) in [5.74, 6) is -0.175. The number of aromatic nitrogens is 2. The molecule has 5 aromatic rings. The average molecular weight is 447 g/mol. The SMILES string of the molecule is O=C(N/N=C\c1ccc(Sc2nc3ccccc3[nH]2)o1)c1cc2cc([N+](=O)[O-])ccc2o1. The molecule has 0 aliphatic carbocycles. The van der Waals surface area contributed by atoms with Crippen molar-refractivity contribution in [1.82, 2.24) is 15.4 Å². The number of aromatic amines is 1. The van der Waals surface area contributed by atoms with Gasteiger partial charge in [0.2, 0.25) is 0 Å². The van der Waals surface area contributed by atoms with Crippen LogP contribution in [0.15, 0.2) is 84.8 Å². The summed E-state index contributed by atoms with van der Waals surface area (Å²) in [6.45, 7) is 0. The number of fused-ring (bicyclic) bond motifs is 2. The number of carbonyl (C=O) groups excluding carboxylic acids is 1. The van der Waals surface area contributed by atoms with Crippen molar-refractivity contribution in [2.75, 3.05) is 0 Å². The largest absolute Gasteiger partial charge is 0.451 e. The Bertz CT molecular complexity index is 1470. The maximum absolute atomic E-state index is 12.3. The number of nitrogens with zero attached hydrogens (tertiary/aromatic N) is 3. The van der Waals surface area contributed by atoms with Crippen molar-refractivity contribution in [3.63, 3.8) is 0 Å². The second-order valence-electron chi connectivity index (χ2n) is 6.61. The Hall–Kier alpha value is -4.38. The van der Waals surface area contributed by atoms with Crippen LogP contribution in [0, 0.1) is 10.1 Å². The Morgan fingerprint density at radius 1 is 1.16 bits per heavy atom. The molecule has 0 radical (unpaired) electrons. The van der Waals surface area contributed by atoms with E-state index in [0.717, 1.165) is 11.0 Å². The molecule has 3 aromatic heterocycles. The Morgan fingerprint density at radius 2 is 2.03 bits per heavy atom. The Labute approximate surface area is 183 Å². The minimum Gasteiger partial charge on any atom is -0.451 e. The molecule has 0 fully saturated rings. The second-order valence-corrected chi connectivity index (χ2v) is 7.60. The van der Waals surface area contributed by atoms with E-state index < -0.39 is 10.8 Å². The maximum atomic E-state index is 12.3. The number of hydrazone groups is 1. The third-order valence-electron chi connectivity index (χ3n) is 4.46. The number of furan rings is 2. The molecule has 0 unspecified atom stereocenters. The number of benzene rings is 2. The standard InChI is InChI=1S/C21H13N5O5S/c27-20(18-10-12-9-13(26(28)29)5-7-17(12)31-18)25-22-11-14-6-8-19(30-14)32-21-23-15-3-1-2-4-16(15)24-21/h1-11H,(H,23,24)(H,25,27)/b22-11-. The minimum atomic E-state index is -0.594.